The van der Waals surface area contributed by atoms with E-state index in [1.807, 2.05) is 53.9 Å². The summed E-state index contributed by atoms with van der Waals surface area (Å²) in [5, 5.41) is 6.61. The summed E-state index contributed by atoms with van der Waals surface area (Å²) in [6.07, 6.45) is 5.44. The van der Waals surface area contributed by atoms with Crippen molar-refractivity contribution in [3.05, 3.63) is 71.6 Å². The van der Waals surface area contributed by atoms with Crippen LogP contribution < -0.4 is 5.43 Å². The molecule has 0 spiro atoms. The zero-order valence-electron chi connectivity index (χ0n) is 15.5. The number of allylic oxidation sites excluding steroid dienone is 1. The minimum Gasteiger partial charge on any atom is -0.253 e. The molecule has 6 nitrogen and oxygen atoms in total. The summed E-state index contributed by atoms with van der Waals surface area (Å²) < 4.78 is 25.8. The average Bonchev–Trinajstić information content (AvgIpc) is 3.17. The summed E-state index contributed by atoms with van der Waals surface area (Å²) in [5.74, 6) is 0. The Morgan fingerprint density at radius 3 is 2.64 bits per heavy atom. The number of sulfonamides is 1. The smallest absolute Gasteiger partial charge is 0.242 e. The molecule has 28 heavy (non-hydrogen) atoms. The highest BCUT2D eigenvalue weighted by molar-refractivity contribution is 7.89. The van der Waals surface area contributed by atoms with Crippen molar-refractivity contribution in [3.63, 3.8) is 0 Å². The van der Waals surface area contributed by atoms with Gasteiger partial charge in [-0.2, -0.15) is 5.10 Å². The second-order valence-corrected chi connectivity index (χ2v) is 9.02. The van der Waals surface area contributed by atoms with Gasteiger partial charge in [0.2, 0.25) is 15.2 Å². The number of thiazole rings is 1. The molecule has 1 aromatic heterocycles. The molecule has 144 valence electrons. The van der Waals surface area contributed by atoms with Crippen molar-refractivity contribution in [1.82, 2.24) is 9.29 Å². The van der Waals surface area contributed by atoms with Crippen molar-refractivity contribution >= 4 is 38.8 Å². The van der Waals surface area contributed by atoms with E-state index in [1.165, 1.54) is 29.7 Å². The van der Waals surface area contributed by atoms with E-state index in [2.05, 4.69) is 15.5 Å². The number of aromatic nitrogens is 1. The van der Waals surface area contributed by atoms with Crippen LogP contribution in [0.4, 0.5) is 5.13 Å². The molecule has 2 aromatic carbocycles. The first-order valence-corrected chi connectivity index (χ1v) is 10.8. The van der Waals surface area contributed by atoms with Crippen molar-refractivity contribution in [1.29, 1.82) is 0 Å². The third-order valence-corrected chi connectivity index (χ3v) is 6.38. The Labute approximate surface area is 168 Å². The van der Waals surface area contributed by atoms with Gasteiger partial charge in [0.05, 0.1) is 10.6 Å². The third-order valence-electron chi connectivity index (χ3n) is 3.82. The molecule has 0 aliphatic rings. The van der Waals surface area contributed by atoms with Crippen molar-refractivity contribution in [2.24, 2.45) is 5.10 Å². The van der Waals surface area contributed by atoms with E-state index in [1.54, 1.807) is 24.4 Å². The summed E-state index contributed by atoms with van der Waals surface area (Å²) in [7, 11) is -0.460. The van der Waals surface area contributed by atoms with E-state index in [-0.39, 0.29) is 4.90 Å². The number of nitrogens with zero attached hydrogens (tertiary/aromatic N) is 3. The van der Waals surface area contributed by atoms with Crippen LogP contribution in [0.15, 0.2) is 76.1 Å². The standard InChI is InChI=1S/C20H20N4O2S2/c1-24(2)28(25,26)18-12-6-11-17(14-18)19-15-27-20(22-19)23-21-13-7-10-16-8-4-3-5-9-16/h3-15H,1-2H3,(H,22,23)/b10-7+,21-13+. The van der Waals surface area contributed by atoms with Gasteiger partial charge in [-0.05, 0) is 23.8 Å². The lowest BCUT2D eigenvalue weighted by Gasteiger charge is -2.11. The Bertz CT molecular complexity index is 1090. The molecular weight excluding hydrogens is 392 g/mol. The van der Waals surface area contributed by atoms with Gasteiger partial charge >= 0.3 is 0 Å². The van der Waals surface area contributed by atoms with Crippen LogP contribution in [0.5, 0.6) is 0 Å². The average molecular weight is 413 g/mol. The van der Waals surface area contributed by atoms with E-state index in [0.29, 0.717) is 10.8 Å². The van der Waals surface area contributed by atoms with Crippen LogP contribution in [0.1, 0.15) is 5.56 Å². The van der Waals surface area contributed by atoms with Gasteiger partial charge in [-0.15, -0.1) is 11.3 Å². The van der Waals surface area contributed by atoms with Crippen molar-refractivity contribution < 1.29 is 8.42 Å². The molecule has 0 saturated heterocycles. The van der Waals surface area contributed by atoms with Gasteiger partial charge in [-0.3, -0.25) is 5.43 Å². The number of benzene rings is 2. The van der Waals surface area contributed by atoms with E-state index in [4.69, 9.17) is 0 Å². The molecule has 0 radical (unpaired) electrons. The lowest BCUT2D eigenvalue weighted by atomic mass is 10.2. The van der Waals surface area contributed by atoms with E-state index < -0.39 is 10.0 Å². The number of hydrazone groups is 1. The van der Waals surface area contributed by atoms with E-state index in [0.717, 1.165) is 11.1 Å². The van der Waals surface area contributed by atoms with Crippen molar-refractivity contribution in [3.8, 4) is 11.3 Å². The highest BCUT2D eigenvalue weighted by atomic mass is 32.2. The van der Waals surface area contributed by atoms with Gasteiger partial charge in [-0.25, -0.2) is 17.7 Å². The fourth-order valence-corrected chi connectivity index (χ4v) is 3.95. The summed E-state index contributed by atoms with van der Waals surface area (Å²) in [6, 6.07) is 16.7. The highest BCUT2D eigenvalue weighted by Gasteiger charge is 2.18. The Kier molecular flexibility index (Phi) is 6.35. The number of nitrogens with one attached hydrogen (secondary N) is 1. The largest absolute Gasteiger partial charge is 0.253 e. The topological polar surface area (TPSA) is 74.7 Å². The monoisotopic (exact) mass is 412 g/mol. The molecule has 8 heteroatoms. The second-order valence-electron chi connectivity index (χ2n) is 6.01. The van der Waals surface area contributed by atoms with Crippen molar-refractivity contribution in [2.45, 2.75) is 4.90 Å². The Hall–Kier alpha value is -2.81. The Morgan fingerprint density at radius 2 is 1.89 bits per heavy atom. The first kappa shape index (κ1) is 19.9. The molecule has 0 aliphatic carbocycles. The fourth-order valence-electron chi connectivity index (χ4n) is 2.34. The zero-order valence-corrected chi connectivity index (χ0v) is 17.1. The maximum atomic E-state index is 12.3. The van der Waals surface area contributed by atoms with Crippen LogP contribution in [0, 0.1) is 0 Å². The maximum Gasteiger partial charge on any atom is 0.242 e. The quantitative estimate of drug-likeness (QED) is 0.467. The molecular formula is C20H20N4O2S2. The van der Waals surface area contributed by atoms with Crippen LogP contribution in [0.25, 0.3) is 17.3 Å². The van der Waals surface area contributed by atoms with Gasteiger partial charge in [0.1, 0.15) is 0 Å². The number of rotatable bonds is 7. The summed E-state index contributed by atoms with van der Waals surface area (Å²) in [4.78, 5) is 4.70. The molecule has 0 aliphatic heterocycles. The predicted octanol–water partition coefficient (Wildman–Crippen LogP) is 4.17. The Balaban J connectivity index is 1.67. The molecule has 1 N–H and O–H groups in total. The van der Waals surface area contributed by atoms with Crippen LogP contribution in [0.2, 0.25) is 0 Å². The zero-order chi connectivity index (χ0) is 20.0. The Morgan fingerprint density at radius 1 is 1.11 bits per heavy atom. The first-order valence-electron chi connectivity index (χ1n) is 8.46. The van der Waals surface area contributed by atoms with E-state index >= 15 is 0 Å². The third kappa shape index (κ3) is 4.92. The van der Waals surface area contributed by atoms with Crippen LogP contribution in [-0.4, -0.2) is 38.0 Å². The highest BCUT2D eigenvalue weighted by Crippen LogP contribution is 2.27. The normalized spacial score (nSPS) is 12.2. The minimum absolute atomic E-state index is 0.238. The van der Waals surface area contributed by atoms with Gasteiger partial charge in [0.25, 0.3) is 0 Å². The number of anilines is 1. The molecule has 0 fully saturated rings. The molecule has 3 aromatic rings. The summed E-state index contributed by atoms with van der Waals surface area (Å²) in [5.41, 5.74) is 5.41. The van der Waals surface area contributed by atoms with Gasteiger partial charge in [0, 0.05) is 31.3 Å². The minimum atomic E-state index is -3.48. The molecule has 0 saturated carbocycles. The molecule has 0 atom stereocenters. The summed E-state index contributed by atoms with van der Waals surface area (Å²) in [6.45, 7) is 0. The maximum absolute atomic E-state index is 12.3. The lowest BCUT2D eigenvalue weighted by Crippen LogP contribution is -2.22. The van der Waals surface area contributed by atoms with Gasteiger partial charge < -0.3 is 0 Å². The first-order chi connectivity index (χ1) is 13.5. The van der Waals surface area contributed by atoms with Crippen molar-refractivity contribution in [2.75, 3.05) is 19.5 Å². The lowest BCUT2D eigenvalue weighted by molar-refractivity contribution is 0.521. The van der Waals surface area contributed by atoms with Gasteiger partial charge in [0.15, 0.2) is 0 Å². The van der Waals surface area contributed by atoms with Crippen LogP contribution in [0.3, 0.4) is 0 Å². The SMILES string of the molecule is CN(C)S(=O)(=O)c1cccc(-c2csc(N/N=C/C=C/c3ccccc3)n2)c1. The second kappa shape index (κ2) is 8.92. The summed E-state index contributed by atoms with van der Waals surface area (Å²) >= 11 is 1.40. The molecule has 1 heterocycles. The predicted molar refractivity (Wildman–Crippen MR) is 116 cm³/mol. The van der Waals surface area contributed by atoms with Crippen LogP contribution in [-0.2, 0) is 10.0 Å². The molecule has 0 bridgehead atoms. The van der Waals surface area contributed by atoms with Gasteiger partial charge in [-0.1, -0.05) is 48.5 Å². The number of hydrogen-bond donors (Lipinski definition) is 1. The molecule has 0 unspecified atom stereocenters. The van der Waals surface area contributed by atoms with E-state index in [9.17, 15) is 8.42 Å². The van der Waals surface area contributed by atoms with Crippen LogP contribution >= 0.6 is 11.3 Å². The molecule has 3 rings (SSSR count). The molecule has 0 amide bonds. The number of hydrogen-bond acceptors (Lipinski definition) is 6. The fraction of sp³-hybridized carbons (Fsp3) is 0.100.